The summed E-state index contributed by atoms with van der Waals surface area (Å²) in [5.41, 5.74) is 1.06. The Bertz CT molecular complexity index is 419. The lowest BCUT2D eigenvalue weighted by molar-refractivity contribution is 0.237. The third-order valence-corrected chi connectivity index (χ3v) is 4.50. The van der Waals surface area contributed by atoms with E-state index >= 15 is 0 Å². The molecule has 1 aromatic carbocycles. The fourth-order valence-electron chi connectivity index (χ4n) is 2.74. The Morgan fingerprint density at radius 2 is 2.30 bits per heavy atom. The average Bonchev–Trinajstić information content (AvgIpc) is 2.93. The summed E-state index contributed by atoms with van der Waals surface area (Å²) < 4.78 is 14.1. The molecule has 1 N–H and O–H groups in total. The molecule has 1 saturated heterocycles. The summed E-state index contributed by atoms with van der Waals surface area (Å²) in [7, 11) is 0. The fraction of sp³-hybridized carbons (Fsp3) is 0.625. The van der Waals surface area contributed by atoms with Gasteiger partial charge >= 0.3 is 0 Å². The highest BCUT2D eigenvalue weighted by Crippen LogP contribution is 2.18. The van der Waals surface area contributed by atoms with Crippen molar-refractivity contribution < 1.29 is 4.39 Å². The first-order chi connectivity index (χ1) is 9.69. The van der Waals surface area contributed by atoms with Gasteiger partial charge in [0.25, 0.3) is 0 Å². The minimum absolute atomic E-state index is 0.170. The van der Waals surface area contributed by atoms with Gasteiger partial charge in [-0.25, -0.2) is 4.39 Å². The third kappa shape index (κ3) is 4.83. The van der Waals surface area contributed by atoms with Crippen molar-refractivity contribution in [3.63, 3.8) is 0 Å². The van der Waals surface area contributed by atoms with Crippen molar-refractivity contribution in [2.75, 3.05) is 19.6 Å². The topological polar surface area (TPSA) is 15.3 Å². The van der Waals surface area contributed by atoms with Crippen molar-refractivity contribution >= 4 is 15.9 Å². The second-order valence-electron chi connectivity index (χ2n) is 5.63. The third-order valence-electron chi connectivity index (χ3n) is 3.86. The van der Waals surface area contributed by atoms with E-state index in [1.54, 1.807) is 12.1 Å². The van der Waals surface area contributed by atoms with Crippen molar-refractivity contribution in [3.05, 3.63) is 34.1 Å². The SMILES string of the molecule is CCCCN(Cc1ccc(Br)c(F)c1)CC1CCCN1. The van der Waals surface area contributed by atoms with Gasteiger partial charge in [0.15, 0.2) is 0 Å². The van der Waals surface area contributed by atoms with E-state index in [0.29, 0.717) is 10.5 Å². The van der Waals surface area contributed by atoms with Crippen LogP contribution in [0.25, 0.3) is 0 Å². The molecule has 0 saturated carbocycles. The zero-order valence-corrected chi connectivity index (χ0v) is 13.8. The summed E-state index contributed by atoms with van der Waals surface area (Å²) in [6, 6.07) is 6.06. The molecule has 0 amide bonds. The van der Waals surface area contributed by atoms with Crippen LogP contribution in [0.15, 0.2) is 22.7 Å². The van der Waals surface area contributed by atoms with E-state index in [0.717, 1.165) is 31.7 Å². The van der Waals surface area contributed by atoms with Crippen LogP contribution in [0.1, 0.15) is 38.2 Å². The second kappa shape index (κ2) is 8.11. The maximum atomic E-state index is 13.6. The zero-order valence-electron chi connectivity index (χ0n) is 12.2. The van der Waals surface area contributed by atoms with Crippen LogP contribution < -0.4 is 5.32 Å². The van der Waals surface area contributed by atoms with E-state index in [1.807, 2.05) is 6.07 Å². The highest BCUT2D eigenvalue weighted by molar-refractivity contribution is 9.10. The monoisotopic (exact) mass is 342 g/mol. The average molecular weight is 343 g/mol. The first kappa shape index (κ1) is 15.9. The van der Waals surface area contributed by atoms with Crippen LogP contribution in [0.5, 0.6) is 0 Å². The van der Waals surface area contributed by atoms with Crippen LogP contribution in [-0.4, -0.2) is 30.6 Å². The molecule has 1 fully saturated rings. The van der Waals surface area contributed by atoms with E-state index in [9.17, 15) is 4.39 Å². The van der Waals surface area contributed by atoms with Crippen molar-refractivity contribution in [2.45, 2.75) is 45.2 Å². The molecule has 1 aromatic rings. The molecule has 2 rings (SSSR count). The van der Waals surface area contributed by atoms with Gasteiger partial charge in [0.1, 0.15) is 5.82 Å². The van der Waals surface area contributed by atoms with Gasteiger partial charge < -0.3 is 5.32 Å². The molecule has 20 heavy (non-hydrogen) atoms. The first-order valence-electron chi connectivity index (χ1n) is 7.58. The Balaban J connectivity index is 1.95. The van der Waals surface area contributed by atoms with E-state index in [-0.39, 0.29) is 5.82 Å². The predicted molar refractivity (Wildman–Crippen MR) is 85.3 cm³/mol. The second-order valence-corrected chi connectivity index (χ2v) is 6.48. The van der Waals surface area contributed by atoms with Crippen LogP contribution in [0, 0.1) is 5.82 Å². The number of nitrogens with one attached hydrogen (secondary N) is 1. The van der Waals surface area contributed by atoms with Crippen LogP contribution in [0.3, 0.4) is 0 Å². The molecule has 0 spiro atoms. The number of hydrogen-bond donors (Lipinski definition) is 1. The van der Waals surface area contributed by atoms with Crippen LogP contribution in [0.4, 0.5) is 4.39 Å². The summed E-state index contributed by atoms with van der Waals surface area (Å²) in [4.78, 5) is 2.45. The van der Waals surface area contributed by atoms with Crippen molar-refractivity contribution in [3.8, 4) is 0 Å². The molecular weight excluding hydrogens is 319 g/mol. The van der Waals surface area contributed by atoms with Crippen molar-refractivity contribution in [1.82, 2.24) is 10.2 Å². The highest BCUT2D eigenvalue weighted by atomic mass is 79.9. The van der Waals surface area contributed by atoms with E-state index in [2.05, 4.69) is 33.1 Å². The molecule has 1 aliphatic rings. The van der Waals surface area contributed by atoms with Crippen molar-refractivity contribution in [1.29, 1.82) is 0 Å². The molecule has 112 valence electrons. The van der Waals surface area contributed by atoms with Gasteiger partial charge in [0, 0.05) is 19.1 Å². The Kier molecular flexibility index (Phi) is 6.46. The van der Waals surface area contributed by atoms with Crippen LogP contribution in [0.2, 0.25) is 0 Å². The molecule has 0 aromatic heterocycles. The minimum Gasteiger partial charge on any atom is -0.313 e. The quantitative estimate of drug-likeness (QED) is 0.807. The van der Waals surface area contributed by atoms with Crippen LogP contribution in [-0.2, 0) is 6.54 Å². The number of benzene rings is 1. The first-order valence-corrected chi connectivity index (χ1v) is 8.38. The van der Waals surface area contributed by atoms with Gasteiger partial charge in [-0.2, -0.15) is 0 Å². The van der Waals surface area contributed by atoms with E-state index in [1.165, 1.54) is 25.7 Å². The molecular formula is C16H24BrFN2. The Morgan fingerprint density at radius 1 is 1.45 bits per heavy atom. The van der Waals surface area contributed by atoms with Crippen molar-refractivity contribution in [2.24, 2.45) is 0 Å². The standard InChI is InChI=1S/C16H24BrFN2/c1-2-3-9-20(12-14-5-4-8-19-14)11-13-6-7-15(17)16(18)10-13/h6-7,10,14,19H,2-5,8-9,11-12H2,1H3. The largest absolute Gasteiger partial charge is 0.313 e. The number of hydrogen-bond acceptors (Lipinski definition) is 2. The lowest BCUT2D eigenvalue weighted by Crippen LogP contribution is -2.37. The lowest BCUT2D eigenvalue weighted by Gasteiger charge is -2.25. The lowest BCUT2D eigenvalue weighted by atomic mass is 10.1. The van der Waals surface area contributed by atoms with Gasteiger partial charge in [-0.1, -0.05) is 19.4 Å². The molecule has 1 unspecified atom stereocenters. The molecule has 0 aliphatic carbocycles. The summed E-state index contributed by atoms with van der Waals surface area (Å²) in [6.07, 6.45) is 4.94. The summed E-state index contributed by atoms with van der Waals surface area (Å²) in [5, 5.41) is 3.55. The maximum Gasteiger partial charge on any atom is 0.137 e. The normalized spacial score (nSPS) is 18.9. The Hall–Kier alpha value is -0.450. The Labute approximate surface area is 129 Å². The zero-order chi connectivity index (χ0) is 14.4. The summed E-state index contributed by atoms with van der Waals surface area (Å²) in [5.74, 6) is -0.170. The smallest absolute Gasteiger partial charge is 0.137 e. The highest BCUT2D eigenvalue weighted by Gasteiger charge is 2.18. The predicted octanol–water partition coefficient (Wildman–Crippen LogP) is 3.94. The summed E-state index contributed by atoms with van der Waals surface area (Å²) >= 11 is 3.21. The molecule has 1 atom stereocenters. The molecule has 1 heterocycles. The Morgan fingerprint density at radius 3 is 2.95 bits per heavy atom. The number of halogens is 2. The molecule has 0 radical (unpaired) electrons. The van der Waals surface area contributed by atoms with Gasteiger partial charge in [-0.05, 0) is 66.0 Å². The summed E-state index contributed by atoms with van der Waals surface area (Å²) in [6.45, 7) is 6.34. The fourth-order valence-corrected chi connectivity index (χ4v) is 2.98. The van der Waals surface area contributed by atoms with Crippen LogP contribution >= 0.6 is 15.9 Å². The van der Waals surface area contributed by atoms with E-state index in [4.69, 9.17) is 0 Å². The molecule has 2 nitrogen and oxygen atoms in total. The van der Waals surface area contributed by atoms with Gasteiger partial charge in [-0.15, -0.1) is 0 Å². The van der Waals surface area contributed by atoms with E-state index < -0.39 is 0 Å². The van der Waals surface area contributed by atoms with Gasteiger partial charge in [0.2, 0.25) is 0 Å². The number of rotatable bonds is 7. The molecule has 0 bridgehead atoms. The maximum absolute atomic E-state index is 13.6. The molecule has 4 heteroatoms. The minimum atomic E-state index is -0.170. The molecule has 1 aliphatic heterocycles. The van der Waals surface area contributed by atoms with Gasteiger partial charge in [-0.3, -0.25) is 4.90 Å². The van der Waals surface area contributed by atoms with Gasteiger partial charge in [0.05, 0.1) is 4.47 Å². The number of nitrogens with zero attached hydrogens (tertiary/aromatic N) is 1. The number of unbranched alkanes of at least 4 members (excludes halogenated alkanes) is 1.